The second-order valence-electron chi connectivity index (χ2n) is 3.29. The van der Waals surface area contributed by atoms with Crippen LogP contribution in [0.3, 0.4) is 0 Å². The summed E-state index contributed by atoms with van der Waals surface area (Å²) in [7, 11) is 0. The molecule has 3 aromatic rings. The van der Waals surface area contributed by atoms with Crippen LogP contribution in [0.1, 0.15) is 9.67 Å². The van der Waals surface area contributed by atoms with Gasteiger partial charge in [-0.25, -0.2) is 9.78 Å². The number of thiophene rings is 1. The van der Waals surface area contributed by atoms with Gasteiger partial charge in [0.15, 0.2) is 0 Å². The van der Waals surface area contributed by atoms with E-state index >= 15 is 0 Å². The third kappa shape index (κ3) is 1.29. The fourth-order valence-electron chi connectivity index (χ4n) is 1.59. The minimum absolute atomic E-state index is 0.293. The van der Waals surface area contributed by atoms with E-state index < -0.39 is 5.97 Å². The van der Waals surface area contributed by atoms with Gasteiger partial charge in [0.2, 0.25) is 0 Å². The summed E-state index contributed by atoms with van der Waals surface area (Å²) in [6, 6.07) is 5.11. The molecule has 0 saturated carbocycles. The summed E-state index contributed by atoms with van der Waals surface area (Å²) in [5, 5.41) is 9.49. The SMILES string of the molecule is O=C(O)c1cc2c(nc3cc(Cl)ccn32)s1. The predicted molar refractivity (Wildman–Crippen MR) is 62.5 cm³/mol. The first-order chi connectivity index (χ1) is 7.65. The van der Waals surface area contributed by atoms with Crippen LogP contribution >= 0.6 is 22.9 Å². The fourth-order valence-corrected chi connectivity index (χ4v) is 2.61. The maximum atomic E-state index is 10.8. The van der Waals surface area contributed by atoms with Crippen molar-refractivity contribution < 1.29 is 9.90 Å². The van der Waals surface area contributed by atoms with E-state index in [2.05, 4.69) is 4.98 Å². The van der Waals surface area contributed by atoms with Crippen molar-refractivity contribution in [1.82, 2.24) is 9.38 Å². The molecule has 3 aromatic heterocycles. The molecule has 0 atom stereocenters. The van der Waals surface area contributed by atoms with Gasteiger partial charge < -0.3 is 5.11 Å². The van der Waals surface area contributed by atoms with E-state index in [0.29, 0.717) is 14.7 Å². The highest BCUT2D eigenvalue weighted by atomic mass is 35.5. The Labute approximate surface area is 98.7 Å². The summed E-state index contributed by atoms with van der Waals surface area (Å²) < 4.78 is 1.82. The number of nitrogens with zero attached hydrogens (tertiary/aromatic N) is 2. The van der Waals surface area contributed by atoms with Crippen LogP contribution < -0.4 is 0 Å². The van der Waals surface area contributed by atoms with Crippen molar-refractivity contribution in [1.29, 1.82) is 0 Å². The van der Waals surface area contributed by atoms with Gasteiger partial charge in [-0.15, -0.1) is 11.3 Å². The average molecular weight is 253 g/mol. The van der Waals surface area contributed by atoms with Gasteiger partial charge in [-0.2, -0.15) is 0 Å². The summed E-state index contributed by atoms with van der Waals surface area (Å²) in [6.45, 7) is 0. The minimum Gasteiger partial charge on any atom is -0.477 e. The van der Waals surface area contributed by atoms with E-state index in [0.717, 1.165) is 22.5 Å². The standard InChI is InChI=1S/C10H5ClN2O2S/c11-5-1-2-13-6-4-7(10(14)15)16-9(6)12-8(13)3-5/h1-4H,(H,14,15). The van der Waals surface area contributed by atoms with Gasteiger partial charge >= 0.3 is 5.97 Å². The Balaban J connectivity index is 2.38. The Morgan fingerprint density at radius 1 is 1.50 bits per heavy atom. The van der Waals surface area contributed by atoms with Gasteiger partial charge in [-0.3, -0.25) is 4.40 Å². The molecule has 16 heavy (non-hydrogen) atoms. The number of aromatic nitrogens is 2. The maximum Gasteiger partial charge on any atom is 0.346 e. The lowest BCUT2D eigenvalue weighted by molar-refractivity contribution is 0.0702. The number of pyridine rings is 1. The lowest BCUT2D eigenvalue weighted by Crippen LogP contribution is -1.90. The highest BCUT2D eigenvalue weighted by Crippen LogP contribution is 2.27. The Morgan fingerprint density at radius 3 is 3.06 bits per heavy atom. The van der Waals surface area contributed by atoms with Crippen LogP contribution in [0.4, 0.5) is 0 Å². The molecule has 0 bridgehead atoms. The van der Waals surface area contributed by atoms with Gasteiger partial charge in [-0.05, 0) is 12.1 Å². The molecule has 6 heteroatoms. The second kappa shape index (κ2) is 3.20. The highest BCUT2D eigenvalue weighted by molar-refractivity contribution is 7.20. The summed E-state index contributed by atoms with van der Waals surface area (Å²) >= 11 is 7.01. The van der Waals surface area contributed by atoms with E-state index in [1.54, 1.807) is 24.4 Å². The van der Waals surface area contributed by atoms with Gasteiger partial charge in [0.05, 0.1) is 5.52 Å². The van der Waals surface area contributed by atoms with E-state index in [4.69, 9.17) is 16.7 Å². The molecule has 0 saturated heterocycles. The molecular weight excluding hydrogens is 248 g/mol. The third-order valence-electron chi connectivity index (χ3n) is 2.28. The number of hydrogen-bond acceptors (Lipinski definition) is 3. The van der Waals surface area contributed by atoms with Gasteiger partial charge in [0.25, 0.3) is 0 Å². The molecule has 3 heterocycles. The number of fused-ring (bicyclic) bond motifs is 3. The number of carboxylic acid groups (broad SMARTS) is 1. The Hall–Kier alpha value is -1.59. The van der Waals surface area contributed by atoms with Crippen molar-refractivity contribution in [3.8, 4) is 0 Å². The smallest absolute Gasteiger partial charge is 0.346 e. The molecule has 0 unspecified atom stereocenters. The number of carboxylic acids is 1. The number of hydrogen-bond donors (Lipinski definition) is 1. The monoisotopic (exact) mass is 252 g/mol. The molecule has 80 valence electrons. The Bertz CT molecular complexity index is 716. The first-order valence-corrected chi connectivity index (χ1v) is 5.65. The maximum absolute atomic E-state index is 10.8. The molecule has 4 nitrogen and oxygen atoms in total. The lowest BCUT2D eigenvalue weighted by atomic mass is 10.4. The van der Waals surface area contributed by atoms with Crippen molar-refractivity contribution in [3.05, 3.63) is 34.3 Å². The van der Waals surface area contributed by atoms with Crippen molar-refractivity contribution in [2.24, 2.45) is 0 Å². The summed E-state index contributed by atoms with van der Waals surface area (Å²) in [4.78, 5) is 16.1. The third-order valence-corrected chi connectivity index (χ3v) is 3.52. The molecule has 0 aliphatic rings. The van der Waals surface area contributed by atoms with Crippen LogP contribution in [0, 0.1) is 0 Å². The molecule has 0 fully saturated rings. The van der Waals surface area contributed by atoms with E-state index in [9.17, 15) is 4.79 Å². The molecule has 0 aromatic carbocycles. The van der Waals surface area contributed by atoms with Gasteiger partial charge in [0.1, 0.15) is 15.4 Å². The Morgan fingerprint density at radius 2 is 2.31 bits per heavy atom. The van der Waals surface area contributed by atoms with Gasteiger partial charge in [-0.1, -0.05) is 11.6 Å². The fraction of sp³-hybridized carbons (Fsp3) is 0. The zero-order valence-electron chi connectivity index (χ0n) is 7.85. The second-order valence-corrected chi connectivity index (χ2v) is 4.76. The quantitative estimate of drug-likeness (QED) is 0.725. The zero-order chi connectivity index (χ0) is 11.3. The molecule has 0 radical (unpaired) electrons. The molecular formula is C10H5ClN2O2S. The van der Waals surface area contributed by atoms with Crippen LogP contribution in [0.5, 0.6) is 0 Å². The number of rotatable bonds is 1. The van der Waals surface area contributed by atoms with Crippen molar-refractivity contribution in [2.45, 2.75) is 0 Å². The topological polar surface area (TPSA) is 54.6 Å². The number of imidazole rings is 1. The van der Waals surface area contributed by atoms with Crippen LogP contribution in [0.15, 0.2) is 24.4 Å². The average Bonchev–Trinajstić information content (AvgIpc) is 2.73. The Kier molecular flexibility index (Phi) is 1.92. The van der Waals surface area contributed by atoms with Crippen molar-refractivity contribution in [3.63, 3.8) is 0 Å². The first kappa shape index (κ1) is 9.62. The van der Waals surface area contributed by atoms with E-state index in [-0.39, 0.29) is 0 Å². The number of carbonyl (C=O) groups is 1. The van der Waals surface area contributed by atoms with Crippen molar-refractivity contribution in [2.75, 3.05) is 0 Å². The van der Waals surface area contributed by atoms with Crippen molar-refractivity contribution >= 4 is 44.9 Å². The molecule has 0 spiro atoms. The number of halogens is 1. The highest BCUT2D eigenvalue weighted by Gasteiger charge is 2.13. The summed E-state index contributed by atoms with van der Waals surface area (Å²) in [6.07, 6.45) is 1.78. The molecule has 0 amide bonds. The lowest BCUT2D eigenvalue weighted by Gasteiger charge is -1.93. The zero-order valence-corrected chi connectivity index (χ0v) is 9.42. The minimum atomic E-state index is -0.925. The first-order valence-electron chi connectivity index (χ1n) is 4.45. The van der Waals surface area contributed by atoms with Crippen LogP contribution in [-0.2, 0) is 0 Å². The molecule has 1 N–H and O–H groups in total. The summed E-state index contributed by atoms with van der Waals surface area (Å²) in [5.74, 6) is -0.925. The van der Waals surface area contributed by atoms with E-state index in [1.165, 1.54) is 0 Å². The van der Waals surface area contributed by atoms with Crippen LogP contribution in [0.2, 0.25) is 5.02 Å². The van der Waals surface area contributed by atoms with Gasteiger partial charge in [0, 0.05) is 17.3 Å². The summed E-state index contributed by atoms with van der Waals surface area (Å²) in [5.41, 5.74) is 1.53. The van der Waals surface area contributed by atoms with E-state index in [1.807, 2.05) is 4.40 Å². The normalized spacial score (nSPS) is 11.3. The predicted octanol–water partition coefficient (Wildman–Crippen LogP) is 2.90. The molecule has 0 aliphatic carbocycles. The largest absolute Gasteiger partial charge is 0.477 e. The van der Waals surface area contributed by atoms with Crippen LogP contribution in [-0.4, -0.2) is 20.5 Å². The molecule has 0 aliphatic heterocycles. The number of aromatic carboxylic acids is 1. The van der Waals surface area contributed by atoms with Crippen LogP contribution in [0.25, 0.3) is 16.0 Å². The molecule has 3 rings (SSSR count).